The van der Waals surface area contributed by atoms with Crippen molar-refractivity contribution in [2.24, 2.45) is 0 Å². The van der Waals surface area contributed by atoms with Crippen molar-refractivity contribution in [3.05, 3.63) is 70.9 Å². The van der Waals surface area contributed by atoms with Gasteiger partial charge in [-0.2, -0.15) is 0 Å². The molecule has 2 aromatic carbocycles. The van der Waals surface area contributed by atoms with Gasteiger partial charge in [-0.25, -0.2) is 4.68 Å². The van der Waals surface area contributed by atoms with Gasteiger partial charge in [0.05, 0.1) is 18.8 Å². The summed E-state index contributed by atoms with van der Waals surface area (Å²) in [6, 6.07) is 17.5. The Balaban J connectivity index is 2.02. The molecule has 4 nitrogen and oxygen atoms in total. The lowest BCUT2D eigenvalue weighted by molar-refractivity contribution is 0.277. The molecule has 0 fully saturated rings. The summed E-state index contributed by atoms with van der Waals surface area (Å²) < 4.78 is 1.80. The van der Waals surface area contributed by atoms with Crippen LogP contribution in [0.3, 0.4) is 0 Å². The molecule has 0 unspecified atom stereocenters. The van der Waals surface area contributed by atoms with Crippen LogP contribution in [0.15, 0.2) is 54.6 Å². The van der Waals surface area contributed by atoms with Crippen molar-refractivity contribution >= 4 is 11.6 Å². The zero-order valence-corrected chi connectivity index (χ0v) is 12.0. The van der Waals surface area contributed by atoms with Crippen LogP contribution >= 0.6 is 11.6 Å². The number of rotatable bonds is 4. The van der Waals surface area contributed by atoms with E-state index in [-0.39, 0.29) is 6.61 Å². The predicted octanol–water partition coefficient (Wildman–Crippen LogP) is 3.14. The first-order valence-corrected chi connectivity index (χ1v) is 6.99. The molecule has 0 saturated carbocycles. The molecule has 0 aliphatic carbocycles. The third kappa shape index (κ3) is 2.96. The summed E-state index contributed by atoms with van der Waals surface area (Å²) in [5, 5.41) is 18.4. The SMILES string of the molecule is OCc1nnn(Cc2ccccc2)c1-c1ccc(Cl)cc1. The normalized spacial score (nSPS) is 10.8. The maximum atomic E-state index is 9.47. The molecule has 0 saturated heterocycles. The van der Waals surface area contributed by atoms with Gasteiger partial charge in [-0.3, -0.25) is 0 Å². The number of hydrogen-bond acceptors (Lipinski definition) is 3. The molecule has 0 bridgehead atoms. The fraction of sp³-hybridized carbons (Fsp3) is 0.125. The average Bonchev–Trinajstić information content (AvgIpc) is 2.92. The van der Waals surface area contributed by atoms with E-state index in [1.807, 2.05) is 54.6 Å². The number of benzene rings is 2. The highest BCUT2D eigenvalue weighted by molar-refractivity contribution is 6.30. The largest absolute Gasteiger partial charge is 0.390 e. The van der Waals surface area contributed by atoms with Crippen LogP contribution in [0.1, 0.15) is 11.3 Å². The molecule has 3 rings (SSSR count). The Kier molecular flexibility index (Phi) is 3.99. The molecule has 21 heavy (non-hydrogen) atoms. The van der Waals surface area contributed by atoms with Crippen LogP contribution in [0, 0.1) is 0 Å². The van der Waals surface area contributed by atoms with Gasteiger partial charge in [0.25, 0.3) is 0 Å². The minimum Gasteiger partial charge on any atom is -0.390 e. The van der Waals surface area contributed by atoms with Crippen molar-refractivity contribution in [3.8, 4) is 11.3 Å². The predicted molar refractivity (Wildman–Crippen MR) is 81.9 cm³/mol. The van der Waals surface area contributed by atoms with Gasteiger partial charge < -0.3 is 5.11 Å². The van der Waals surface area contributed by atoms with Gasteiger partial charge >= 0.3 is 0 Å². The van der Waals surface area contributed by atoms with E-state index in [1.165, 1.54) is 0 Å². The first-order valence-electron chi connectivity index (χ1n) is 6.61. The van der Waals surface area contributed by atoms with Crippen molar-refractivity contribution in [1.29, 1.82) is 0 Å². The molecule has 1 aromatic heterocycles. The van der Waals surface area contributed by atoms with E-state index < -0.39 is 0 Å². The molecule has 0 atom stereocenters. The highest BCUT2D eigenvalue weighted by atomic mass is 35.5. The molecule has 5 heteroatoms. The minimum atomic E-state index is -0.146. The van der Waals surface area contributed by atoms with Crippen molar-refractivity contribution < 1.29 is 5.11 Å². The van der Waals surface area contributed by atoms with Crippen LogP contribution in [-0.2, 0) is 13.2 Å². The van der Waals surface area contributed by atoms with Crippen LogP contribution in [0.2, 0.25) is 5.02 Å². The Hall–Kier alpha value is -2.17. The van der Waals surface area contributed by atoms with Crippen LogP contribution in [0.5, 0.6) is 0 Å². The first-order chi connectivity index (χ1) is 10.3. The van der Waals surface area contributed by atoms with E-state index in [2.05, 4.69) is 10.3 Å². The van der Waals surface area contributed by atoms with E-state index >= 15 is 0 Å². The van der Waals surface area contributed by atoms with E-state index in [9.17, 15) is 5.11 Å². The molecule has 1 heterocycles. The molecule has 0 aliphatic rings. The number of halogens is 1. The quantitative estimate of drug-likeness (QED) is 0.805. The smallest absolute Gasteiger partial charge is 0.116 e. The van der Waals surface area contributed by atoms with Crippen molar-refractivity contribution in [2.75, 3.05) is 0 Å². The molecular formula is C16H14ClN3O. The van der Waals surface area contributed by atoms with Gasteiger partial charge in [-0.05, 0) is 17.7 Å². The molecule has 0 amide bonds. The number of nitrogens with zero attached hydrogens (tertiary/aromatic N) is 3. The lowest BCUT2D eigenvalue weighted by Gasteiger charge is -2.08. The second kappa shape index (κ2) is 6.08. The molecule has 0 radical (unpaired) electrons. The van der Waals surface area contributed by atoms with Crippen LogP contribution in [0.25, 0.3) is 11.3 Å². The summed E-state index contributed by atoms with van der Waals surface area (Å²) in [6.07, 6.45) is 0. The molecule has 0 spiro atoms. The molecule has 0 aliphatic heterocycles. The number of aliphatic hydroxyl groups is 1. The highest BCUT2D eigenvalue weighted by Crippen LogP contribution is 2.24. The molecule has 3 aromatic rings. The van der Waals surface area contributed by atoms with E-state index in [0.717, 1.165) is 16.8 Å². The van der Waals surface area contributed by atoms with Crippen molar-refractivity contribution in [2.45, 2.75) is 13.2 Å². The fourth-order valence-electron chi connectivity index (χ4n) is 2.25. The van der Waals surface area contributed by atoms with E-state index in [0.29, 0.717) is 17.3 Å². The highest BCUT2D eigenvalue weighted by Gasteiger charge is 2.14. The molecule has 106 valence electrons. The maximum Gasteiger partial charge on any atom is 0.116 e. The molecular weight excluding hydrogens is 286 g/mol. The maximum absolute atomic E-state index is 9.47. The molecule has 1 N–H and O–H groups in total. The standard InChI is InChI=1S/C16H14ClN3O/c17-14-8-6-13(7-9-14)16-15(11-21)18-19-20(16)10-12-4-2-1-3-5-12/h1-9,21H,10-11H2. The van der Waals surface area contributed by atoms with Gasteiger partial charge in [0.2, 0.25) is 0 Å². The Morgan fingerprint density at radius 2 is 1.71 bits per heavy atom. The first kappa shape index (κ1) is 13.8. The monoisotopic (exact) mass is 299 g/mol. The summed E-state index contributed by atoms with van der Waals surface area (Å²) >= 11 is 5.93. The summed E-state index contributed by atoms with van der Waals surface area (Å²) in [5.74, 6) is 0. The second-order valence-electron chi connectivity index (χ2n) is 4.69. The second-order valence-corrected chi connectivity index (χ2v) is 5.13. The zero-order chi connectivity index (χ0) is 14.7. The summed E-state index contributed by atoms with van der Waals surface area (Å²) in [4.78, 5) is 0. The van der Waals surface area contributed by atoms with E-state index in [4.69, 9.17) is 11.6 Å². The average molecular weight is 300 g/mol. The van der Waals surface area contributed by atoms with Crippen molar-refractivity contribution in [1.82, 2.24) is 15.0 Å². The van der Waals surface area contributed by atoms with Crippen LogP contribution in [-0.4, -0.2) is 20.1 Å². The van der Waals surface area contributed by atoms with Gasteiger partial charge in [0, 0.05) is 10.6 Å². The lowest BCUT2D eigenvalue weighted by Crippen LogP contribution is -2.04. The van der Waals surface area contributed by atoms with Gasteiger partial charge in [-0.15, -0.1) is 5.10 Å². The number of aliphatic hydroxyl groups excluding tert-OH is 1. The van der Waals surface area contributed by atoms with Crippen LogP contribution < -0.4 is 0 Å². The Morgan fingerprint density at radius 1 is 1.00 bits per heavy atom. The zero-order valence-electron chi connectivity index (χ0n) is 11.3. The number of hydrogen-bond donors (Lipinski definition) is 1. The summed E-state index contributed by atoms with van der Waals surface area (Å²) in [5.41, 5.74) is 3.44. The Bertz CT molecular complexity index is 723. The van der Waals surface area contributed by atoms with Crippen molar-refractivity contribution in [3.63, 3.8) is 0 Å². The summed E-state index contributed by atoms with van der Waals surface area (Å²) in [7, 11) is 0. The third-order valence-electron chi connectivity index (χ3n) is 3.25. The third-order valence-corrected chi connectivity index (χ3v) is 3.50. The number of aromatic nitrogens is 3. The van der Waals surface area contributed by atoms with Gasteiger partial charge in [0.1, 0.15) is 5.69 Å². The van der Waals surface area contributed by atoms with Gasteiger partial charge in [-0.1, -0.05) is 59.3 Å². The summed E-state index contributed by atoms with van der Waals surface area (Å²) in [6.45, 7) is 0.457. The van der Waals surface area contributed by atoms with Crippen LogP contribution in [0.4, 0.5) is 0 Å². The fourth-order valence-corrected chi connectivity index (χ4v) is 2.37. The Morgan fingerprint density at radius 3 is 2.38 bits per heavy atom. The topological polar surface area (TPSA) is 50.9 Å². The Labute approximate surface area is 127 Å². The lowest BCUT2D eigenvalue weighted by atomic mass is 10.1. The minimum absolute atomic E-state index is 0.146. The van der Waals surface area contributed by atoms with E-state index in [1.54, 1.807) is 4.68 Å². The van der Waals surface area contributed by atoms with Gasteiger partial charge in [0.15, 0.2) is 0 Å².